The second-order valence-corrected chi connectivity index (χ2v) is 4.54. The molecule has 0 spiro atoms. The highest BCUT2D eigenvalue weighted by Crippen LogP contribution is 2.11. The topological polar surface area (TPSA) is 75.7 Å². The summed E-state index contributed by atoms with van der Waals surface area (Å²) in [6.07, 6.45) is 0.200. The molecule has 2 amide bonds. The lowest BCUT2D eigenvalue weighted by Gasteiger charge is -2.19. The number of nitrogens with one attached hydrogen (secondary N) is 1. The largest absolute Gasteiger partial charge is 0.468 e. The van der Waals surface area contributed by atoms with Gasteiger partial charge < -0.3 is 15.0 Å². The van der Waals surface area contributed by atoms with E-state index in [4.69, 9.17) is 0 Å². The zero-order chi connectivity index (χ0) is 15.8. The number of methoxy groups -OCH3 is 1. The number of carbonyl (C=O) groups is 3. The van der Waals surface area contributed by atoms with E-state index in [2.05, 4.69) is 10.1 Å². The smallest absolute Gasteiger partial charge is 0.325 e. The average molecular weight is 292 g/mol. The first-order valence-corrected chi connectivity index (χ1v) is 6.67. The minimum atomic E-state index is -0.439. The Bertz CT molecular complexity index is 511. The molecule has 1 aromatic carbocycles. The van der Waals surface area contributed by atoms with Crippen molar-refractivity contribution in [1.29, 1.82) is 0 Å². The molecule has 0 heterocycles. The van der Waals surface area contributed by atoms with Crippen molar-refractivity contribution in [1.82, 2.24) is 4.90 Å². The fourth-order valence-corrected chi connectivity index (χ4v) is 1.79. The fraction of sp³-hybridized carbons (Fsp3) is 0.400. The van der Waals surface area contributed by atoms with Gasteiger partial charge in [-0.25, -0.2) is 0 Å². The number of likely N-dealkylation sites (N-methyl/N-ethyl adjacent to an activating group) is 1. The van der Waals surface area contributed by atoms with E-state index in [-0.39, 0.29) is 24.8 Å². The monoisotopic (exact) mass is 292 g/mol. The lowest BCUT2D eigenvalue weighted by Crippen LogP contribution is -2.37. The van der Waals surface area contributed by atoms with Crippen LogP contribution in [0.4, 0.5) is 5.69 Å². The Balaban J connectivity index is 2.64. The molecule has 0 aromatic heterocycles. The number of ether oxygens (including phenoxy) is 1. The van der Waals surface area contributed by atoms with Crippen LogP contribution in [0, 0.1) is 0 Å². The van der Waals surface area contributed by atoms with Gasteiger partial charge in [0.1, 0.15) is 6.54 Å². The molecule has 0 radical (unpaired) electrons. The first-order chi connectivity index (χ1) is 9.96. The van der Waals surface area contributed by atoms with Crippen LogP contribution < -0.4 is 5.32 Å². The number of benzene rings is 1. The predicted octanol–water partition coefficient (Wildman–Crippen LogP) is 1.21. The normalized spacial score (nSPS) is 9.86. The predicted molar refractivity (Wildman–Crippen MR) is 78.7 cm³/mol. The number of anilines is 1. The Morgan fingerprint density at radius 3 is 2.29 bits per heavy atom. The second kappa shape index (κ2) is 8.04. The van der Waals surface area contributed by atoms with E-state index in [0.29, 0.717) is 12.2 Å². The minimum Gasteiger partial charge on any atom is -0.468 e. The van der Waals surface area contributed by atoms with Crippen LogP contribution in [0.3, 0.4) is 0 Å². The number of rotatable bonds is 6. The standard InChI is InChI=1S/C15H20N2O4/c1-4-17(10-15(20)21-3)14(19)9-12-5-7-13(8-6-12)16-11(2)18/h5-8H,4,9-10H2,1-3H3,(H,16,18). The van der Waals surface area contributed by atoms with Gasteiger partial charge in [-0.2, -0.15) is 0 Å². The number of hydrogen-bond donors (Lipinski definition) is 1. The van der Waals surface area contributed by atoms with E-state index in [1.54, 1.807) is 31.2 Å². The molecular formula is C15H20N2O4. The molecule has 0 aliphatic carbocycles. The summed E-state index contributed by atoms with van der Waals surface area (Å²) in [6.45, 7) is 3.64. The van der Waals surface area contributed by atoms with Crippen LogP contribution in [-0.4, -0.2) is 42.9 Å². The van der Waals surface area contributed by atoms with Gasteiger partial charge in [0.15, 0.2) is 0 Å². The van der Waals surface area contributed by atoms with Gasteiger partial charge in [0.25, 0.3) is 0 Å². The summed E-state index contributed by atoms with van der Waals surface area (Å²) in [4.78, 5) is 35.7. The third-order valence-corrected chi connectivity index (χ3v) is 2.91. The van der Waals surface area contributed by atoms with Crippen LogP contribution >= 0.6 is 0 Å². The van der Waals surface area contributed by atoms with Gasteiger partial charge in [-0.1, -0.05) is 12.1 Å². The maximum atomic E-state index is 12.1. The molecule has 6 nitrogen and oxygen atoms in total. The van der Waals surface area contributed by atoms with Crippen molar-refractivity contribution in [3.05, 3.63) is 29.8 Å². The molecule has 0 aliphatic heterocycles. The number of amides is 2. The minimum absolute atomic E-state index is 0.0458. The molecule has 0 atom stereocenters. The average Bonchev–Trinajstić information content (AvgIpc) is 2.45. The molecule has 0 unspecified atom stereocenters. The number of hydrogen-bond acceptors (Lipinski definition) is 4. The van der Waals surface area contributed by atoms with Gasteiger partial charge in [-0.05, 0) is 24.6 Å². The van der Waals surface area contributed by atoms with E-state index >= 15 is 0 Å². The summed E-state index contributed by atoms with van der Waals surface area (Å²) >= 11 is 0. The SMILES string of the molecule is CCN(CC(=O)OC)C(=O)Cc1ccc(NC(C)=O)cc1. The first kappa shape index (κ1) is 16.7. The first-order valence-electron chi connectivity index (χ1n) is 6.67. The van der Waals surface area contributed by atoms with Gasteiger partial charge in [0.05, 0.1) is 13.5 Å². The van der Waals surface area contributed by atoms with Crippen molar-refractivity contribution >= 4 is 23.5 Å². The summed E-state index contributed by atoms with van der Waals surface area (Å²) in [5, 5.41) is 2.66. The van der Waals surface area contributed by atoms with Gasteiger partial charge >= 0.3 is 5.97 Å². The summed E-state index contributed by atoms with van der Waals surface area (Å²) in [5.41, 5.74) is 1.50. The Labute approximate surface area is 124 Å². The second-order valence-electron chi connectivity index (χ2n) is 4.54. The molecule has 0 saturated carbocycles. The molecule has 1 rings (SSSR count). The highest BCUT2D eigenvalue weighted by Gasteiger charge is 2.16. The van der Waals surface area contributed by atoms with Gasteiger partial charge in [-0.3, -0.25) is 14.4 Å². The number of esters is 1. The Hall–Kier alpha value is -2.37. The van der Waals surface area contributed by atoms with Crippen molar-refractivity contribution in [2.75, 3.05) is 25.5 Å². The lowest BCUT2D eigenvalue weighted by atomic mass is 10.1. The highest BCUT2D eigenvalue weighted by atomic mass is 16.5. The van der Waals surface area contributed by atoms with Gasteiger partial charge in [-0.15, -0.1) is 0 Å². The molecule has 0 aliphatic rings. The van der Waals surface area contributed by atoms with Crippen molar-refractivity contribution < 1.29 is 19.1 Å². The van der Waals surface area contributed by atoms with Gasteiger partial charge in [0.2, 0.25) is 11.8 Å². The molecule has 0 saturated heterocycles. The molecule has 114 valence electrons. The zero-order valence-corrected chi connectivity index (χ0v) is 12.5. The Morgan fingerprint density at radius 2 is 1.81 bits per heavy atom. The van der Waals surface area contributed by atoms with Crippen LogP contribution in [0.15, 0.2) is 24.3 Å². The van der Waals surface area contributed by atoms with Crippen molar-refractivity contribution in [3.8, 4) is 0 Å². The third-order valence-electron chi connectivity index (χ3n) is 2.91. The molecule has 21 heavy (non-hydrogen) atoms. The lowest BCUT2D eigenvalue weighted by molar-refractivity contribution is -0.146. The molecule has 1 aromatic rings. The van der Waals surface area contributed by atoms with E-state index < -0.39 is 5.97 Å². The molecule has 0 fully saturated rings. The van der Waals surface area contributed by atoms with Crippen LogP contribution in [0.1, 0.15) is 19.4 Å². The van der Waals surface area contributed by atoms with E-state index in [0.717, 1.165) is 5.56 Å². The van der Waals surface area contributed by atoms with Crippen LogP contribution in [0.5, 0.6) is 0 Å². The van der Waals surface area contributed by atoms with Crippen LogP contribution in [-0.2, 0) is 25.5 Å². The Morgan fingerprint density at radius 1 is 1.19 bits per heavy atom. The fourth-order valence-electron chi connectivity index (χ4n) is 1.79. The number of nitrogens with zero attached hydrogens (tertiary/aromatic N) is 1. The molecule has 0 bridgehead atoms. The molecule has 1 N–H and O–H groups in total. The van der Waals surface area contributed by atoms with E-state index in [1.165, 1.54) is 18.9 Å². The van der Waals surface area contributed by atoms with E-state index in [1.807, 2.05) is 0 Å². The quantitative estimate of drug-likeness (QED) is 0.800. The maximum Gasteiger partial charge on any atom is 0.325 e. The number of carbonyl (C=O) groups excluding carboxylic acids is 3. The molecule has 6 heteroatoms. The maximum absolute atomic E-state index is 12.1. The van der Waals surface area contributed by atoms with Crippen molar-refractivity contribution in [3.63, 3.8) is 0 Å². The third kappa shape index (κ3) is 5.64. The van der Waals surface area contributed by atoms with Gasteiger partial charge in [0, 0.05) is 19.2 Å². The summed E-state index contributed by atoms with van der Waals surface area (Å²) < 4.78 is 4.56. The van der Waals surface area contributed by atoms with Crippen LogP contribution in [0.2, 0.25) is 0 Å². The van der Waals surface area contributed by atoms with Crippen molar-refractivity contribution in [2.24, 2.45) is 0 Å². The van der Waals surface area contributed by atoms with Crippen LogP contribution in [0.25, 0.3) is 0 Å². The highest BCUT2D eigenvalue weighted by molar-refractivity contribution is 5.88. The summed E-state index contributed by atoms with van der Waals surface area (Å²) in [5.74, 6) is -0.726. The zero-order valence-electron chi connectivity index (χ0n) is 12.5. The summed E-state index contributed by atoms with van der Waals surface area (Å²) in [7, 11) is 1.29. The van der Waals surface area contributed by atoms with Crippen molar-refractivity contribution in [2.45, 2.75) is 20.3 Å². The molecular weight excluding hydrogens is 272 g/mol. The Kier molecular flexibility index (Phi) is 6.39. The van der Waals surface area contributed by atoms with E-state index in [9.17, 15) is 14.4 Å². The summed E-state index contributed by atoms with van der Waals surface area (Å²) in [6, 6.07) is 7.02.